The Morgan fingerprint density at radius 1 is 1.32 bits per heavy atom. The van der Waals surface area contributed by atoms with E-state index >= 15 is 0 Å². The van der Waals surface area contributed by atoms with Crippen molar-refractivity contribution in [3.63, 3.8) is 0 Å². The molecular weight excluding hydrogens is 280 g/mol. The molecule has 0 saturated carbocycles. The summed E-state index contributed by atoms with van der Waals surface area (Å²) in [5.41, 5.74) is 1.82. The fourth-order valence-electron chi connectivity index (χ4n) is 1.85. The summed E-state index contributed by atoms with van der Waals surface area (Å²) in [7, 11) is -3.43. The maximum absolute atomic E-state index is 12.2. The molecule has 4 nitrogen and oxygen atoms in total. The van der Waals surface area contributed by atoms with E-state index in [9.17, 15) is 8.42 Å². The van der Waals surface area contributed by atoms with E-state index in [1.807, 2.05) is 31.4 Å². The Hall–Kier alpha value is -1.24. The zero-order chi connectivity index (χ0) is 13.9. The number of hydrogen-bond donors (Lipinski definition) is 1. The summed E-state index contributed by atoms with van der Waals surface area (Å²) in [5, 5.41) is 2.82. The zero-order valence-corrected chi connectivity index (χ0v) is 12.5. The van der Waals surface area contributed by atoms with Crippen LogP contribution in [0.2, 0.25) is 0 Å². The maximum atomic E-state index is 12.2. The van der Waals surface area contributed by atoms with Crippen molar-refractivity contribution in [3.05, 3.63) is 45.9 Å². The third kappa shape index (κ3) is 3.62. The first kappa shape index (κ1) is 14.2. The van der Waals surface area contributed by atoms with Gasteiger partial charge in [-0.15, -0.1) is 11.3 Å². The first-order valence-electron chi connectivity index (χ1n) is 5.94. The molecule has 2 aromatic rings. The highest BCUT2D eigenvalue weighted by Crippen LogP contribution is 2.16. The predicted octanol–water partition coefficient (Wildman–Crippen LogP) is 2.28. The molecule has 1 aromatic carbocycles. The Bertz CT molecular complexity index is 649. The molecule has 0 saturated heterocycles. The number of thiazole rings is 1. The van der Waals surface area contributed by atoms with Gasteiger partial charge in [0.25, 0.3) is 0 Å². The van der Waals surface area contributed by atoms with Crippen molar-refractivity contribution in [2.24, 2.45) is 0 Å². The Labute approximate surface area is 117 Å². The van der Waals surface area contributed by atoms with Crippen LogP contribution in [0.3, 0.4) is 0 Å². The van der Waals surface area contributed by atoms with Crippen molar-refractivity contribution in [3.8, 4) is 0 Å². The van der Waals surface area contributed by atoms with Crippen molar-refractivity contribution < 1.29 is 8.42 Å². The largest absolute Gasteiger partial charge is 0.250 e. The number of aryl methyl sites for hydroxylation is 2. The van der Waals surface area contributed by atoms with Crippen LogP contribution in [0, 0.1) is 13.8 Å². The minimum absolute atomic E-state index is 0.345. The number of benzene rings is 1. The van der Waals surface area contributed by atoms with Crippen LogP contribution in [0.1, 0.15) is 16.1 Å². The Morgan fingerprint density at radius 3 is 2.74 bits per heavy atom. The first-order chi connectivity index (χ1) is 8.99. The smallest absolute Gasteiger partial charge is 0.240 e. The van der Waals surface area contributed by atoms with Crippen molar-refractivity contribution in [1.29, 1.82) is 0 Å². The average molecular weight is 296 g/mol. The monoisotopic (exact) mass is 296 g/mol. The predicted molar refractivity (Wildman–Crippen MR) is 76.9 cm³/mol. The van der Waals surface area contributed by atoms with Gasteiger partial charge in [0, 0.05) is 24.5 Å². The molecule has 0 aliphatic heterocycles. The highest BCUT2D eigenvalue weighted by Gasteiger charge is 2.16. The summed E-state index contributed by atoms with van der Waals surface area (Å²) >= 11 is 1.53. The second kappa shape index (κ2) is 5.81. The Morgan fingerprint density at radius 2 is 2.11 bits per heavy atom. The van der Waals surface area contributed by atoms with E-state index in [2.05, 4.69) is 9.71 Å². The molecule has 0 aliphatic carbocycles. The van der Waals surface area contributed by atoms with Crippen LogP contribution in [-0.2, 0) is 16.4 Å². The molecule has 1 heterocycles. The van der Waals surface area contributed by atoms with Gasteiger partial charge in [0.15, 0.2) is 0 Å². The number of aromatic nitrogens is 1. The second-order valence-corrected chi connectivity index (χ2v) is 7.06. The third-order valence-corrected chi connectivity index (χ3v) is 5.20. The number of rotatable bonds is 5. The Balaban J connectivity index is 2.05. The van der Waals surface area contributed by atoms with Gasteiger partial charge in [0.1, 0.15) is 0 Å². The highest BCUT2D eigenvalue weighted by atomic mass is 32.2. The quantitative estimate of drug-likeness (QED) is 0.921. The summed E-state index contributed by atoms with van der Waals surface area (Å²) in [4.78, 5) is 4.47. The van der Waals surface area contributed by atoms with Crippen LogP contribution in [-0.4, -0.2) is 19.9 Å². The summed E-state index contributed by atoms with van der Waals surface area (Å²) in [6.45, 7) is 4.12. The van der Waals surface area contributed by atoms with Gasteiger partial charge in [-0.05, 0) is 25.5 Å². The molecule has 0 radical (unpaired) electrons. The van der Waals surface area contributed by atoms with Gasteiger partial charge in [-0.25, -0.2) is 18.1 Å². The van der Waals surface area contributed by atoms with Crippen molar-refractivity contribution in [2.45, 2.75) is 25.2 Å². The SMILES string of the molecule is Cc1ccc(S(=O)(=O)NCCc2nccs2)c(C)c1. The maximum Gasteiger partial charge on any atom is 0.240 e. The lowest BCUT2D eigenvalue weighted by Gasteiger charge is -2.09. The Kier molecular flexibility index (Phi) is 4.34. The van der Waals surface area contributed by atoms with Crippen LogP contribution in [0.25, 0.3) is 0 Å². The minimum atomic E-state index is -3.43. The van der Waals surface area contributed by atoms with Crippen LogP contribution in [0.5, 0.6) is 0 Å². The zero-order valence-electron chi connectivity index (χ0n) is 10.9. The normalized spacial score (nSPS) is 11.7. The number of nitrogens with one attached hydrogen (secondary N) is 1. The molecule has 0 amide bonds. The van der Waals surface area contributed by atoms with Gasteiger partial charge in [-0.3, -0.25) is 0 Å². The number of nitrogens with zero attached hydrogens (tertiary/aromatic N) is 1. The second-order valence-electron chi connectivity index (χ2n) is 4.34. The topological polar surface area (TPSA) is 59.1 Å². The van der Waals surface area contributed by atoms with Gasteiger partial charge >= 0.3 is 0 Å². The van der Waals surface area contributed by atoms with Gasteiger partial charge < -0.3 is 0 Å². The molecule has 2 rings (SSSR count). The van der Waals surface area contributed by atoms with Gasteiger partial charge in [0.2, 0.25) is 10.0 Å². The van der Waals surface area contributed by atoms with Crippen LogP contribution < -0.4 is 4.72 Å². The van der Waals surface area contributed by atoms with E-state index in [4.69, 9.17) is 0 Å². The average Bonchev–Trinajstić information content (AvgIpc) is 2.81. The molecule has 19 heavy (non-hydrogen) atoms. The fraction of sp³-hybridized carbons (Fsp3) is 0.308. The summed E-state index contributed by atoms with van der Waals surface area (Å²) in [5.74, 6) is 0. The third-order valence-electron chi connectivity index (χ3n) is 2.73. The lowest BCUT2D eigenvalue weighted by Crippen LogP contribution is -2.26. The molecule has 0 bridgehead atoms. The molecule has 0 spiro atoms. The summed E-state index contributed by atoms with van der Waals surface area (Å²) in [6.07, 6.45) is 2.33. The molecule has 0 fully saturated rings. The molecular formula is C13H16N2O2S2. The van der Waals surface area contributed by atoms with E-state index in [0.717, 1.165) is 16.1 Å². The molecule has 1 aromatic heterocycles. The van der Waals surface area contributed by atoms with Crippen LogP contribution in [0.4, 0.5) is 0 Å². The van der Waals surface area contributed by atoms with E-state index in [1.165, 1.54) is 11.3 Å². The van der Waals surface area contributed by atoms with Crippen LogP contribution in [0.15, 0.2) is 34.7 Å². The van der Waals surface area contributed by atoms with Crippen molar-refractivity contribution in [1.82, 2.24) is 9.71 Å². The lowest BCUT2D eigenvalue weighted by atomic mass is 10.2. The van der Waals surface area contributed by atoms with Gasteiger partial charge in [-0.2, -0.15) is 0 Å². The number of hydrogen-bond acceptors (Lipinski definition) is 4. The fourth-order valence-corrected chi connectivity index (χ4v) is 3.72. The first-order valence-corrected chi connectivity index (χ1v) is 8.30. The molecule has 0 atom stereocenters. The molecule has 0 aliphatic rings. The highest BCUT2D eigenvalue weighted by molar-refractivity contribution is 7.89. The standard InChI is InChI=1S/C13H16N2O2S2/c1-10-3-4-12(11(2)9-10)19(16,17)15-6-5-13-14-7-8-18-13/h3-4,7-9,15H,5-6H2,1-2H3. The molecule has 0 unspecified atom stereocenters. The molecule has 6 heteroatoms. The van der Waals surface area contributed by atoms with E-state index in [-0.39, 0.29) is 0 Å². The minimum Gasteiger partial charge on any atom is -0.250 e. The molecule has 102 valence electrons. The lowest BCUT2D eigenvalue weighted by molar-refractivity contribution is 0.581. The summed E-state index contributed by atoms with van der Waals surface area (Å²) in [6, 6.07) is 5.33. The van der Waals surface area contributed by atoms with Crippen molar-refractivity contribution >= 4 is 21.4 Å². The molecule has 1 N–H and O–H groups in total. The van der Waals surface area contributed by atoms with E-state index < -0.39 is 10.0 Å². The van der Waals surface area contributed by atoms with E-state index in [1.54, 1.807) is 12.3 Å². The van der Waals surface area contributed by atoms with Gasteiger partial charge in [0.05, 0.1) is 9.90 Å². The number of sulfonamides is 1. The van der Waals surface area contributed by atoms with E-state index in [0.29, 0.717) is 17.9 Å². The van der Waals surface area contributed by atoms with Gasteiger partial charge in [-0.1, -0.05) is 17.7 Å². The van der Waals surface area contributed by atoms with Crippen LogP contribution >= 0.6 is 11.3 Å². The summed E-state index contributed by atoms with van der Waals surface area (Å²) < 4.78 is 26.9. The van der Waals surface area contributed by atoms with Crippen molar-refractivity contribution in [2.75, 3.05) is 6.54 Å².